The molecule has 0 aromatic heterocycles. The molecule has 0 aliphatic heterocycles. The van der Waals surface area contributed by atoms with Crippen molar-refractivity contribution in [1.29, 1.82) is 0 Å². The van der Waals surface area contributed by atoms with Crippen LogP contribution in [0.3, 0.4) is 0 Å². The number of nitrogens with zero attached hydrogens (tertiary/aromatic N) is 1. The van der Waals surface area contributed by atoms with Gasteiger partial charge in [-0.15, -0.1) is 0 Å². The number of para-hydroxylation sites is 1. The van der Waals surface area contributed by atoms with Crippen molar-refractivity contribution in [3.05, 3.63) is 59.2 Å². The minimum absolute atomic E-state index is 0.304. The third kappa shape index (κ3) is 6.59. The number of carbonyl (C=O) groups is 2. The number of nitrogens with one attached hydrogen (secondary N) is 2. The number of benzene rings is 2. The quantitative estimate of drug-likeness (QED) is 0.734. The average molecular weight is 432 g/mol. The maximum atomic E-state index is 12.7. The minimum atomic E-state index is -3.70. The Morgan fingerprint density at radius 2 is 1.57 bits per heavy atom. The second kappa shape index (κ2) is 8.87. The smallest absolute Gasteiger partial charge is 0.253 e. The first kappa shape index (κ1) is 23.4. The summed E-state index contributed by atoms with van der Waals surface area (Å²) in [6.07, 6.45) is 1.06. The predicted molar refractivity (Wildman–Crippen MR) is 120 cm³/mol. The second-order valence-corrected chi connectivity index (χ2v) is 10.3. The van der Waals surface area contributed by atoms with E-state index in [-0.39, 0.29) is 5.91 Å². The Labute approximate surface area is 178 Å². The largest absolute Gasteiger partial charge is 0.347 e. The molecule has 2 rings (SSSR count). The van der Waals surface area contributed by atoms with E-state index in [1.54, 1.807) is 36.4 Å². The normalized spacial score (nSPS) is 11.7. The van der Waals surface area contributed by atoms with E-state index < -0.39 is 28.0 Å². The average Bonchev–Trinajstić information content (AvgIpc) is 2.56. The summed E-state index contributed by atoms with van der Waals surface area (Å²) in [5.74, 6) is -0.872. The molecule has 2 aromatic carbocycles. The molecule has 0 atom stereocenters. The monoisotopic (exact) mass is 431 g/mol. The number of carbonyl (C=O) groups excluding carboxylic acids is 2. The number of hydrogen-bond donors (Lipinski definition) is 2. The summed E-state index contributed by atoms with van der Waals surface area (Å²) in [6, 6.07) is 12.0. The lowest BCUT2D eigenvalue weighted by Crippen LogP contribution is -2.41. The molecular weight excluding hydrogens is 402 g/mol. The van der Waals surface area contributed by atoms with Gasteiger partial charge in [0.25, 0.3) is 5.91 Å². The fraction of sp³-hybridized carbons (Fsp3) is 0.364. The first-order valence-electron chi connectivity index (χ1n) is 9.54. The molecule has 0 saturated carbocycles. The van der Waals surface area contributed by atoms with Crippen LogP contribution in [0.2, 0.25) is 0 Å². The van der Waals surface area contributed by atoms with Crippen molar-refractivity contribution in [3.8, 4) is 0 Å². The molecule has 0 bridgehead atoms. The summed E-state index contributed by atoms with van der Waals surface area (Å²) >= 11 is 0. The van der Waals surface area contributed by atoms with Crippen molar-refractivity contribution in [1.82, 2.24) is 5.32 Å². The van der Waals surface area contributed by atoms with Crippen LogP contribution >= 0.6 is 0 Å². The van der Waals surface area contributed by atoms with Crippen molar-refractivity contribution >= 4 is 33.2 Å². The lowest BCUT2D eigenvalue weighted by Gasteiger charge is -2.24. The molecule has 162 valence electrons. The van der Waals surface area contributed by atoms with Gasteiger partial charge in [0.05, 0.1) is 23.2 Å². The molecule has 0 fully saturated rings. The van der Waals surface area contributed by atoms with E-state index in [4.69, 9.17) is 0 Å². The zero-order valence-electron chi connectivity index (χ0n) is 18.2. The van der Waals surface area contributed by atoms with Crippen LogP contribution in [0.1, 0.15) is 42.3 Å². The summed E-state index contributed by atoms with van der Waals surface area (Å²) in [7, 11) is -3.70. The van der Waals surface area contributed by atoms with Gasteiger partial charge in [0, 0.05) is 5.54 Å². The Hall–Kier alpha value is -2.87. The minimum Gasteiger partial charge on any atom is -0.347 e. The van der Waals surface area contributed by atoms with Crippen LogP contribution in [0.25, 0.3) is 0 Å². The van der Waals surface area contributed by atoms with Crippen molar-refractivity contribution < 1.29 is 18.0 Å². The van der Waals surface area contributed by atoms with Gasteiger partial charge in [-0.1, -0.05) is 18.2 Å². The zero-order valence-corrected chi connectivity index (χ0v) is 19.1. The molecule has 2 aromatic rings. The van der Waals surface area contributed by atoms with Gasteiger partial charge in [0.15, 0.2) is 0 Å². The Bertz CT molecular complexity index is 1040. The Balaban J connectivity index is 2.28. The molecule has 2 amide bonds. The van der Waals surface area contributed by atoms with E-state index in [0.717, 1.165) is 21.7 Å². The molecule has 30 heavy (non-hydrogen) atoms. The van der Waals surface area contributed by atoms with Crippen molar-refractivity contribution in [2.75, 3.05) is 22.4 Å². The highest BCUT2D eigenvalue weighted by atomic mass is 32.2. The molecule has 0 saturated heterocycles. The Morgan fingerprint density at radius 3 is 2.10 bits per heavy atom. The number of hydrogen-bond acceptors (Lipinski definition) is 4. The van der Waals surface area contributed by atoms with Crippen LogP contribution in [0.4, 0.5) is 11.4 Å². The van der Waals surface area contributed by atoms with Crippen LogP contribution in [-0.2, 0) is 14.8 Å². The molecule has 0 unspecified atom stereocenters. The van der Waals surface area contributed by atoms with E-state index in [1.807, 2.05) is 40.7 Å². The molecule has 0 heterocycles. The Morgan fingerprint density at radius 1 is 1.00 bits per heavy atom. The van der Waals surface area contributed by atoms with Crippen LogP contribution in [-0.4, -0.2) is 38.6 Å². The summed E-state index contributed by atoms with van der Waals surface area (Å²) in [5.41, 5.74) is 2.39. The lowest BCUT2D eigenvalue weighted by molar-refractivity contribution is -0.114. The van der Waals surface area contributed by atoms with Gasteiger partial charge in [-0.05, 0) is 70.0 Å². The maximum absolute atomic E-state index is 12.7. The molecule has 0 spiro atoms. The first-order valence-corrected chi connectivity index (χ1v) is 11.4. The Kier molecular flexibility index (Phi) is 6.92. The SMILES string of the molecule is Cc1cc(C)cc(N(CC(=O)Nc2ccccc2C(=O)NC(C)(C)C)S(C)(=O)=O)c1. The zero-order chi connectivity index (χ0) is 22.7. The first-order chi connectivity index (χ1) is 13.8. The molecule has 7 nitrogen and oxygen atoms in total. The molecule has 0 aliphatic carbocycles. The van der Waals surface area contributed by atoms with Crippen LogP contribution < -0.4 is 14.9 Å². The van der Waals surface area contributed by atoms with Gasteiger partial charge in [-0.25, -0.2) is 8.42 Å². The van der Waals surface area contributed by atoms with E-state index in [1.165, 1.54) is 0 Å². The highest BCUT2D eigenvalue weighted by molar-refractivity contribution is 7.92. The van der Waals surface area contributed by atoms with Crippen LogP contribution in [0.5, 0.6) is 0 Å². The molecule has 2 N–H and O–H groups in total. The van der Waals surface area contributed by atoms with Gasteiger partial charge >= 0.3 is 0 Å². The van der Waals surface area contributed by atoms with Crippen molar-refractivity contribution in [2.24, 2.45) is 0 Å². The third-order valence-corrected chi connectivity index (χ3v) is 5.26. The van der Waals surface area contributed by atoms with Crippen molar-refractivity contribution in [2.45, 2.75) is 40.2 Å². The van der Waals surface area contributed by atoms with Crippen molar-refractivity contribution in [3.63, 3.8) is 0 Å². The van der Waals surface area contributed by atoms with E-state index >= 15 is 0 Å². The molecule has 8 heteroatoms. The van der Waals surface area contributed by atoms with Gasteiger partial charge < -0.3 is 10.6 Å². The molecular formula is C22H29N3O4S. The predicted octanol–water partition coefficient (Wildman–Crippen LogP) is 3.24. The topological polar surface area (TPSA) is 95.6 Å². The summed E-state index contributed by atoms with van der Waals surface area (Å²) < 4.78 is 25.8. The van der Waals surface area contributed by atoms with Gasteiger partial charge in [0.1, 0.15) is 6.54 Å². The number of amides is 2. The summed E-state index contributed by atoms with van der Waals surface area (Å²) in [6.45, 7) is 8.90. The van der Waals surface area contributed by atoms with Gasteiger partial charge in [0.2, 0.25) is 15.9 Å². The maximum Gasteiger partial charge on any atom is 0.253 e. The molecule has 0 aliphatic rings. The van der Waals surface area contributed by atoms with E-state index in [2.05, 4.69) is 10.6 Å². The van der Waals surface area contributed by atoms with Gasteiger partial charge in [-0.2, -0.15) is 0 Å². The second-order valence-electron chi connectivity index (χ2n) is 8.41. The van der Waals surface area contributed by atoms with Gasteiger partial charge in [-0.3, -0.25) is 13.9 Å². The van der Waals surface area contributed by atoms with Crippen LogP contribution in [0, 0.1) is 13.8 Å². The number of aryl methyl sites for hydroxylation is 2. The lowest BCUT2D eigenvalue weighted by atomic mass is 10.1. The summed E-state index contributed by atoms with van der Waals surface area (Å²) in [5, 5.41) is 5.53. The highest BCUT2D eigenvalue weighted by Gasteiger charge is 2.23. The number of anilines is 2. The fourth-order valence-corrected chi connectivity index (χ4v) is 3.85. The third-order valence-electron chi connectivity index (χ3n) is 4.12. The number of rotatable bonds is 6. The molecule has 0 radical (unpaired) electrons. The van der Waals surface area contributed by atoms with Crippen LogP contribution in [0.15, 0.2) is 42.5 Å². The standard InChI is InChI=1S/C22H29N3O4S/c1-15-11-16(2)13-17(12-15)25(30(6,28)29)14-20(26)23-19-10-8-7-9-18(19)21(27)24-22(3,4)5/h7-13H,14H2,1-6H3,(H,23,26)(H,24,27). The van der Waals surface area contributed by atoms with E-state index in [0.29, 0.717) is 16.9 Å². The van der Waals surface area contributed by atoms with E-state index in [9.17, 15) is 18.0 Å². The number of sulfonamides is 1. The highest BCUT2D eigenvalue weighted by Crippen LogP contribution is 2.22. The summed E-state index contributed by atoms with van der Waals surface area (Å²) in [4.78, 5) is 25.3. The fourth-order valence-electron chi connectivity index (χ4n) is 3.01.